The molecule has 4 rings (SSSR count). The number of likely N-dealkylation sites (tertiary alicyclic amines) is 1. The van der Waals surface area contributed by atoms with Crippen molar-refractivity contribution in [2.24, 2.45) is 5.92 Å². The summed E-state index contributed by atoms with van der Waals surface area (Å²) in [5, 5.41) is 0. The van der Waals surface area contributed by atoms with Gasteiger partial charge in [0, 0.05) is 24.4 Å². The number of rotatable bonds is 2. The van der Waals surface area contributed by atoms with E-state index in [1.54, 1.807) is 12.1 Å². The Morgan fingerprint density at radius 2 is 1.96 bits per heavy atom. The van der Waals surface area contributed by atoms with E-state index in [1.165, 1.54) is 17.2 Å². The Morgan fingerprint density at radius 3 is 2.76 bits per heavy atom. The molecule has 0 aromatic heterocycles. The highest BCUT2D eigenvalue weighted by atomic mass is 19.1. The summed E-state index contributed by atoms with van der Waals surface area (Å²) >= 11 is 0. The van der Waals surface area contributed by atoms with Crippen molar-refractivity contribution in [3.8, 4) is 0 Å². The van der Waals surface area contributed by atoms with E-state index in [2.05, 4.69) is 31.2 Å². The highest BCUT2D eigenvalue weighted by molar-refractivity contribution is 5.80. The number of amides is 1. The summed E-state index contributed by atoms with van der Waals surface area (Å²) in [4.78, 5) is 15.1. The Kier molecular flexibility index (Phi) is 4.10. The summed E-state index contributed by atoms with van der Waals surface area (Å²) in [6.45, 7) is 3.60. The van der Waals surface area contributed by atoms with Crippen LogP contribution >= 0.6 is 0 Å². The van der Waals surface area contributed by atoms with Gasteiger partial charge in [-0.15, -0.1) is 0 Å². The molecule has 1 aliphatic carbocycles. The van der Waals surface area contributed by atoms with Crippen LogP contribution < -0.4 is 0 Å². The maximum atomic E-state index is 13.6. The molecule has 2 aromatic rings. The summed E-state index contributed by atoms with van der Waals surface area (Å²) in [6.07, 6.45) is 3.66. The van der Waals surface area contributed by atoms with Gasteiger partial charge in [0.15, 0.2) is 0 Å². The van der Waals surface area contributed by atoms with Crippen molar-refractivity contribution >= 4 is 5.91 Å². The molecule has 1 saturated heterocycles. The Hall–Kier alpha value is -2.16. The van der Waals surface area contributed by atoms with E-state index in [1.807, 2.05) is 11.0 Å². The number of fused-ring (bicyclic) bond motifs is 1. The zero-order valence-corrected chi connectivity index (χ0v) is 14.7. The van der Waals surface area contributed by atoms with Crippen molar-refractivity contribution in [1.29, 1.82) is 0 Å². The molecule has 1 aliphatic heterocycles. The molecule has 2 unspecified atom stereocenters. The van der Waals surface area contributed by atoms with Crippen LogP contribution in [-0.4, -0.2) is 23.9 Å². The lowest BCUT2D eigenvalue weighted by atomic mass is 9.81. The van der Waals surface area contributed by atoms with E-state index in [4.69, 9.17) is 0 Å². The van der Waals surface area contributed by atoms with Crippen LogP contribution in [0.2, 0.25) is 0 Å². The van der Waals surface area contributed by atoms with Crippen molar-refractivity contribution in [2.45, 2.75) is 38.0 Å². The van der Waals surface area contributed by atoms with Crippen LogP contribution in [0.1, 0.15) is 36.5 Å². The van der Waals surface area contributed by atoms with Gasteiger partial charge in [-0.25, -0.2) is 4.39 Å². The predicted molar refractivity (Wildman–Crippen MR) is 96.9 cm³/mol. The van der Waals surface area contributed by atoms with E-state index in [0.29, 0.717) is 6.54 Å². The Balaban J connectivity index is 1.48. The van der Waals surface area contributed by atoms with Crippen LogP contribution in [0.4, 0.5) is 4.39 Å². The van der Waals surface area contributed by atoms with Gasteiger partial charge in [0.2, 0.25) is 5.91 Å². The molecule has 1 heterocycles. The minimum absolute atomic E-state index is 0.0877. The van der Waals surface area contributed by atoms with Crippen molar-refractivity contribution in [1.82, 2.24) is 4.90 Å². The quantitative estimate of drug-likeness (QED) is 0.807. The molecule has 0 radical (unpaired) electrons. The Labute approximate surface area is 148 Å². The zero-order chi connectivity index (χ0) is 17.4. The summed E-state index contributed by atoms with van der Waals surface area (Å²) in [5.41, 5.74) is 3.55. The first-order chi connectivity index (χ1) is 12.0. The first-order valence-electron chi connectivity index (χ1n) is 9.17. The number of hydrogen-bond donors (Lipinski definition) is 0. The lowest BCUT2D eigenvalue weighted by molar-refractivity contribution is -0.135. The maximum Gasteiger partial charge on any atom is 0.226 e. The predicted octanol–water partition coefficient (Wildman–Crippen LogP) is 4.12. The number of halogens is 1. The topological polar surface area (TPSA) is 20.3 Å². The van der Waals surface area contributed by atoms with Crippen LogP contribution in [0.3, 0.4) is 0 Å². The first-order valence-corrected chi connectivity index (χ1v) is 9.17. The van der Waals surface area contributed by atoms with Crippen molar-refractivity contribution < 1.29 is 9.18 Å². The molecule has 2 aliphatic rings. The molecule has 0 saturated carbocycles. The van der Waals surface area contributed by atoms with Gasteiger partial charge >= 0.3 is 0 Å². The lowest BCUT2D eigenvalue weighted by Crippen LogP contribution is -2.38. The molecule has 130 valence electrons. The molecule has 1 amide bonds. The highest BCUT2D eigenvalue weighted by Crippen LogP contribution is 2.36. The second kappa shape index (κ2) is 6.29. The van der Waals surface area contributed by atoms with Gasteiger partial charge < -0.3 is 4.90 Å². The van der Waals surface area contributed by atoms with Gasteiger partial charge in [-0.05, 0) is 54.5 Å². The number of hydrogen-bond acceptors (Lipinski definition) is 1. The minimum atomic E-state index is -0.201. The van der Waals surface area contributed by atoms with E-state index in [9.17, 15) is 9.18 Å². The fourth-order valence-corrected chi connectivity index (χ4v) is 4.42. The van der Waals surface area contributed by atoms with Crippen LogP contribution in [0.25, 0.3) is 0 Å². The van der Waals surface area contributed by atoms with Crippen molar-refractivity contribution in [2.75, 3.05) is 13.1 Å². The average molecular weight is 337 g/mol. The third kappa shape index (κ3) is 3.08. The summed E-state index contributed by atoms with van der Waals surface area (Å²) in [5.74, 6) is 0.159. The molecule has 0 N–H and O–H groups in total. The standard InChI is InChI=1S/C22H24FNO/c1-22(19-7-4-8-20(23)14-19)11-12-24(15-22)21(25)18-10-9-16-5-2-3-6-17(16)13-18/h2-8,14,18H,9-13,15H2,1H3. The molecular formula is C22H24FNO. The fourth-order valence-electron chi connectivity index (χ4n) is 4.42. The van der Waals surface area contributed by atoms with Crippen LogP contribution in [0.5, 0.6) is 0 Å². The Bertz CT molecular complexity index is 802. The van der Waals surface area contributed by atoms with E-state index >= 15 is 0 Å². The second-order valence-electron chi connectivity index (χ2n) is 7.79. The van der Waals surface area contributed by atoms with Crippen molar-refractivity contribution in [3.63, 3.8) is 0 Å². The summed E-state index contributed by atoms with van der Waals surface area (Å²) < 4.78 is 13.6. The summed E-state index contributed by atoms with van der Waals surface area (Å²) in [6, 6.07) is 15.3. The summed E-state index contributed by atoms with van der Waals surface area (Å²) in [7, 11) is 0. The largest absolute Gasteiger partial charge is 0.342 e. The van der Waals surface area contributed by atoms with Crippen LogP contribution in [0.15, 0.2) is 48.5 Å². The average Bonchev–Trinajstić information content (AvgIpc) is 3.04. The van der Waals surface area contributed by atoms with E-state index in [-0.39, 0.29) is 23.1 Å². The van der Waals surface area contributed by atoms with Gasteiger partial charge in [-0.1, -0.05) is 43.3 Å². The Morgan fingerprint density at radius 1 is 1.16 bits per heavy atom. The van der Waals surface area contributed by atoms with Crippen LogP contribution in [0, 0.1) is 11.7 Å². The molecule has 3 heteroatoms. The number of carbonyl (C=O) groups is 1. The lowest BCUT2D eigenvalue weighted by Gasteiger charge is -2.30. The maximum absolute atomic E-state index is 13.6. The van der Waals surface area contributed by atoms with Gasteiger partial charge in [0.05, 0.1) is 0 Å². The molecule has 25 heavy (non-hydrogen) atoms. The molecule has 2 atom stereocenters. The zero-order valence-electron chi connectivity index (χ0n) is 14.7. The number of nitrogens with zero attached hydrogens (tertiary/aromatic N) is 1. The first kappa shape index (κ1) is 16.3. The van der Waals surface area contributed by atoms with Gasteiger partial charge in [-0.3, -0.25) is 4.79 Å². The van der Waals surface area contributed by atoms with E-state index in [0.717, 1.165) is 37.8 Å². The minimum Gasteiger partial charge on any atom is -0.342 e. The molecule has 1 fully saturated rings. The fraction of sp³-hybridized carbons (Fsp3) is 0.409. The molecule has 2 nitrogen and oxygen atoms in total. The van der Waals surface area contributed by atoms with Gasteiger partial charge in [-0.2, -0.15) is 0 Å². The molecular weight excluding hydrogens is 313 g/mol. The monoisotopic (exact) mass is 337 g/mol. The van der Waals surface area contributed by atoms with Crippen molar-refractivity contribution in [3.05, 3.63) is 71.0 Å². The number of carbonyl (C=O) groups excluding carboxylic acids is 1. The number of benzene rings is 2. The SMILES string of the molecule is CC1(c2cccc(F)c2)CCN(C(=O)C2CCc3ccccc3C2)C1. The smallest absolute Gasteiger partial charge is 0.226 e. The third-order valence-electron chi connectivity index (χ3n) is 6.00. The van der Waals surface area contributed by atoms with Crippen LogP contribution in [-0.2, 0) is 23.1 Å². The van der Waals surface area contributed by atoms with Gasteiger partial charge in [0.1, 0.15) is 5.82 Å². The molecule has 2 aromatic carbocycles. The molecule has 0 spiro atoms. The number of aryl methyl sites for hydroxylation is 1. The normalized spacial score (nSPS) is 25.7. The van der Waals surface area contributed by atoms with E-state index < -0.39 is 0 Å². The highest BCUT2D eigenvalue weighted by Gasteiger charge is 2.39. The molecule has 0 bridgehead atoms. The second-order valence-corrected chi connectivity index (χ2v) is 7.79. The third-order valence-corrected chi connectivity index (χ3v) is 6.00. The van der Waals surface area contributed by atoms with Gasteiger partial charge in [0.25, 0.3) is 0 Å².